The highest BCUT2D eigenvalue weighted by molar-refractivity contribution is 5.82. The molecule has 3 aliphatic carbocycles. The maximum Gasteiger partial charge on any atom is 0.309 e. The van der Waals surface area contributed by atoms with E-state index in [0.717, 1.165) is 5.57 Å². The number of hydrogen-bond donors (Lipinski definition) is 1. The van der Waals surface area contributed by atoms with Crippen LogP contribution < -0.4 is 0 Å². The summed E-state index contributed by atoms with van der Waals surface area (Å²) in [5.41, 5.74) is -1.18. The van der Waals surface area contributed by atoms with Gasteiger partial charge in [0.1, 0.15) is 12.4 Å². The number of methoxy groups -OCH3 is 2. The molecule has 4 fully saturated rings. The van der Waals surface area contributed by atoms with Crippen LogP contribution in [0.2, 0.25) is 0 Å². The predicted molar refractivity (Wildman–Crippen MR) is 103 cm³/mol. The molecule has 1 aliphatic heterocycles. The second-order valence-electron chi connectivity index (χ2n) is 9.41. The van der Waals surface area contributed by atoms with Crippen molar-refractivity contribution in [3.8, 4) is 0 Å². The average molecular weight is 422 g/mol. The Morgan fingerprint density at radius 1 is 1.33 bits per heavy atom. The van der Waals surface area contributed by atoms with Gasteiger partial charge >= 0.3 is 17.9 Å². The SMILES string of the molecule is C=C1C[C@]23C[C@@]1(OCOC)CC[C@H]2[C@@]1(CCC(=O)O)OC(=O)[C@@H](C)[C@H]1[C@@H]3C(=O)OC. The number of carboxylic acids is 1. The minimum absolute atomic E-state index is 0.122. The van der Waals surface area contributed by atoms with E-state index >= 15 is 0 Å². The molecule has 0 aromatic carbocycles. The van der Waals surface area contributed by atoms with Crippen LogP contribution in [0.1, 0.15) is 45.4 Å². The lowest BCUT2D eigenvalue weighted by molar-refractivity contribution is -0.172. The molecule has 8 nitrogen and oxygen atoms in total. The van der Waals surface area contributed by atoms with E-state index < -0.39 is 40.3 Å². The molecule has 4 aliphatic rings. The summed E-state index contributed by atoms with van der Waals surface area (Å²) < 4.78 is 22.5. The van der Waals surface area contributed by atoms with Gasteiger partial charge in [-0.2, -0.15) is 0 Å². The summed E-state index contributed by atoms with van der Waals surface area (Å²) in [5.74, 6) is -3.34. The molecule has 0 aromatic rings. The topological polar surface area (TPSA) is 108 Å². The third kappa shape index (κ3) is 2.62. The van der Waals surface area contributed by atoms with Crippen LogP contribution in [0.3, 0.4) is 0 Å². The largest absolute Gasteiger partial charge is 0.481 e. The standard InChI is InChI=1S/C22H30O8/c1-12-9-20-10-21(12,29-11-27-3)7-5-14(20)22(8-6-15(23)24)16(13(2)18(25)30-22)17(20)19(26)28-4/h13-14,16-17H,1,5-11H2,2-4H3,(H,23,24)/t13-,14+,16-,17+,20-,21-,22+/m0/s1. The van der Waals surface area contributed by atoms with E-state index in [1.165, 1.54) is 7.11 Å². The lowest BCUT2D eigenvalue weighted by atomic mass is 9.62. The van der Waals surface area contributed by atoms with Crippen molar-refractivity contribution in [3.05, 3.63) is 12.2 Å². The highest BCUT2D eigenvalue weighted by Crippen LogP contribution is 2.75. The summed E-state index contributed by atoms with van der Waals surface area (Å²) in [6, 6.07) is 0. The maximum atomic E-state index is 13.2. The lowest BCUT2D eigenvalue weighted by Crippen LogP contribution is -2.48. The number of fused-ring (bicyclic) bond motifs is 3. The first-order chi connectivity index (χ1) is 14.2. The first kappa shape index (κ1) is 21.3. The maximum absolute atomic E-state index is 13.2. The predicted octanol–water partition coefficient (Wildman–Crippen LogP) is 2.31. The quantitative estimate of drug-likeness (QED) is 0.378. The number of carbonyl (C=O) groups is 3. The molecular formula is C22H30O8. The van der Waals surface area contributed by atoms with Crippen molar-refractivity contribution in [2.45, 2.75) is 56.7 Å². The number of aliphatic carboxylic acids is 1. The molecule has 7 atom stereocenters. The van der Waals surface area contributed by atoms with Gasteiger partial charge in [-0.25, -0.2) is 0 Å². The van der Waals surface area contributed by atoms with Crippen LogP contribution in [-0.2, 0) is 33.3 Å². The highest BCUT2D eigenvalue weighted by atomic mass is 16.7. The van der Waals surface area contributed by atoms with E-state index in [-0.39, 0.29) is 37.5 Å². The van der Waals surface area contributed by atoms with Gasteiger partial charge in [0.25, 0.3) is 0 Å². The molecule has 1 N–H and O–H groups in total. The molecule has 30 heavy (non-hydrogen) atoms. The van der Waals surface area contributed by atoms with Crippen LogP contribution in [-0.4, -0.2) is 55.2 Å². The Labute approximate surface area is 175 Å². The first-order valence-corrected chi connectivity index (χ1v) is 10.5. The van der Waals surface area contributed by atoms with Gasteiger partial charge in [-0.15, -0.1) is 0 Å². The Hall–Kier alpha value is -1.93. The second kappa shape index (κ2) is 7.05. The summed E-state index contributed by atoms with van der Waals surface area (Å²) in [6.45, 7) is 6.19. The molecule has 0 aromatic heterocycles. The lowest BCUT2D eigenvalue weighted by Gasteiger charge is -2.46. The van der Waals surface area contributed by atoms with Crippen molar-refractivity contribution in [1.82, 2.24) is 0 Å². The fourth-order valence-electron chi connectivity index (χ4n) is 7.37. The van der Waals surface area contributed by atoms with Gasteiger partial charge in [0.05, 0.1) is 24.5 Å². The zero-order chi connectivity index (χ0) is 21.9. The van der Waals surface area contributed by atoms with E-state index in [1.54, 1.807) is 14.0 Å². The van der Waals surface area contributed by atoms with E-state index in [1.807, 2.05) is 0 Å². The molecule has 2 bridgehead atoms. The van der Waals surface area contributed by atoms with E-state index in [4.69, 9.17) is 18.9 Å². The Bertz CT molecular complexity index is 792. The van der Waals surface area contributed by atoms with Crippen LogP contribution in [0.15, 0.2) is 12.2 Å². The average Bonchev–Trinajstić information content (AvgIpc) is 3.19. The first-order valence-electron chi connectivity index (χ1n) is 10.5. The Morgan fingerprint density at radius 3 is 2.70 bits per heavy atom. The van der Waals surface area contributed by atoms with Gasteiger partial charge in [-0.3, -0.25) is 14.4 Å². The van der Waals surface area contributed by atoms with E-state index in [0.29, 0.717) is 25.7 Å². The zero-order valence-electron chi connectivity index (χ0n) is 17.8. The van der Waals surface area contributed by atoms with Gasteiger partial charge in [0.15, 0.2) is 0 Å². The van der Waals surface area contributed by atoms with Crippen LogP contribution in [0.5, 0.6) is 0 Å². The molecule has 3 saturated carbocycles. The number of carbonyl (C=O) groups excluding carboxylic acids is 2. The Balaban J connectivity index is 1.83. The molecule has 1 heterocycles. The molecule has 0 radical (unpaired) electrons. The van der Waals surface area contributed by atoms with Gasteiger partial charge in [0.2, 0.25) is 0 Å². The summed E-state index contributed by atoms with van der Waals surface area (Å²) >= 11 is 0. The van der Waals surface area contributed by atoms with Crippen LogP contribution in [0.25, 0.3) is 0 Å². The molecule has 8 heteroatoms. The molecular weight excluding hydrogens is 392 g/mol. The fourth-order valence-corrected chi connectivity index (χ4v) is 7.37. The highest BCUT2D eigenvalue weighted by Gasteiger charge is 2.79. The van der Waals surface area contributed by atoms with Crippen molar-refractivity contribution < 1.29 is 38.4 Å². The summed E-state index contributed by atoms with van der Waals surface area (Å²) in [7, 11) is 2.92. The van der Waals surface area contributed by atoms with E-state index in [2.05, 4.69) is 6.58 Å². The third-order valence-electron chi connectivity index (χ3n) is 8.30. The van der Waals surface area contributed by atoms with Crippen molar-refractivity contribution in [2.24, 2.45) is 29.1 Å². The molecule has 1 saturated heterocycles. The van der Waals surface area contributed by atoms with Gasteiger partial charge in [-0.05, 0) is 43.1 Å². The molecule has 166 valence electrons. The van der Waals surface area contributed by atoms with E-state index in [9.17, 15) is 19.5 Å². The summed E-state index contributed by atoms with van der Waals surface area (Å²) in [5, 5.41) is 9.37. The molecule has 0 unspecified atom stereocenters. The summed E-state index contributed by atoms with van der Waals surface area (Å²) in [6.07, 6.45) is 2.54. The number of rotatable bonds is 7. The third-order valence-corrected chi connectivity index (χ3v) is 8.30. The van der Waals surface area contributed by atoms with Crippen molar-refractivity contribution >= 4 is 17.9 Å². The zero-order valence-corrected chi connectivity index (χ0v) is 17.8. The normalized spacial score (nSPS) is 43.8. The smallest absolute Gasteiger partial charge is 0.309 e. The monoisotopic (exact) mass is 422 g/mol. The second-order valence-corrected chi connectivity index (χ2v) is 9.41. The van der Waals surface area contributed by atoms with Crippen molar-refractivity contribution in [1.29, 1.82) is 0 Å². The molecule has 4 rings (SSSR count). The van der Waals surface area contributed by atoms with Gasteiger partial charge in [0, 0.05) is 25.4 Å². The number of esters is 2. The minimum Gasteiger partial charge on any atom is -0.481 e. The number of carboxylic acid groups (broad SMARTS) is 1. The Morgan fingerprint density at radius 2 is 2.07 bits per heavy atom. The number of ether oxygens (including phenoxy) is 4. The summed E-state index contributed by atoms with van der Waals surface area (Å²) in [4.78, 5) is 37.2. The van der Waals surface area contributed by atoms with Gasteiger partial charge < -0.3 is 24.1 Å². The van der Waals surface area contributed by atoms with Crippen LogP contribution in [0.4, 0.5) is 0 Å². The minimum atomic E-state index is -0.980. The van der Waals surface area contributed by atoms with Crippen LogP contribution >= 0.6 is 0 Å². The molecule has 0 amide bonds. The van der Waals surface area contributed by atoms with Crippen molar-refractivity contribution in [2.75, 3.05) is 21.0 Å². The Kier molecular flexibility index (Phi) is 5.01. The van der Waals surface area contributed by atoms with Gasteiger partial charge in [-0.1, -0.05) is 13.5 Å². The van der Waals surface area contributed by atoms with Crippen molar-refractivity contribution in [3.63, 3.8) is 0 Å². The fraction of sp³-hybridized carbons (Fsp3) is 0.773. The van der Waals surface area contributed by atoms with Crippen LogP contribution in [0, 0.1) is 29.1 Å². The number of hydrogen-bond acceptors (Lipinski definition) is 7. The molecule has 1 spiro atoms.